The van der Waals surface area contributed by atoms with Gasteiger partial charge in [0, 0.05) is 17.6 Å². The molecule has 1 saturated heterocycles. The fourth-order valence-corrected chi connectivity index (χ4v) is 2.49. The van der Waals surface area contributed by atoms with Gasteiger partial charge in [-0.2, -0.15) is 0 Å². The van der Waals surface area contributed by atoms with Crippen molar-refractivity contribution in [3.05, 3.63) is 28.2 Å². The number of halogens is 1. The van der Waals surface area contributed by atoms with Crippen LogP contribution in [0.4, 0.5) is 0 Å². The maximum atomic E-state index is 12.0. The number of methoxy groups -OCH3 is 1. The number of nitrogens with one attached hydrogen (secondary N) is 1. The first-order chi connectivity index (χ1) is 10.6. The highest BCUT2D eigenvalue weighted by atomic mass is 79.9. The molecule has 1 atom stereocenters. The number of rotatable bonds is 6. The SMILES string of the molecule is COc1ccc(Br)c(C(=O)OCC(=O)NCC2CCCO2)c1. The van der Waals surface area contributed by atoms with Crippen molar-refractivity contribution in [1.29, 1.82) is 0 Å². The zero-order chi connectivity index (χ0) is 15.9. The van der Waals surface area contributed by atoms with E-state index in [0.717, 1.165) is 19.4 Å². The second-order valence-corrected chi connectivity index (χ2v) is 5.72. The number of esters is 1. The third kappa shape index (κ3) is 4.71. The van der Waals surface area contributed by atoms with Gasteiger partial charge < -0.3 is 19.5 Å². The zero-order valence-electron chi connectivity index (χ0n) is 12.3. The van der Waals surface area contributed by atoms with E-state index in [1.165, 1.54) is 7.11 Å². The van der Waals surface area contributed by atoms with E-state index in [0.29, 0.717) is 22.3 Å². The lowest BCUT2D eigenvalue weighted by Gasteiger charge is -2.11. The Hall–Kier alpha value is -1.60. The van der Waals surface area contributed by atoms with Gasteiger partial charge in [0.15, 0.2) is 6.61 Å². The number of ether oxygens (including phenoxy) is 3. The van der Waals surface area contributed by atoms with Crippen LogP contribution < -0.4 is 10.1 Å². The van der Waals surface area contributed by atoms with Crippen molar-refractivity contribution in [2.75, 3.05) is 26.9 Å². The zero-order valence-corrected chi connectivity index (χ0v) is 13.9. The van der Waals surface area contributed by atoms with E-state index in [9.17, 15) is 9.59 Å². The van der Waals surface area contributed by atoms with Gasteiger partial charge in [-0.05, 0) is 47.0 Å². The molecular weight excluding hydrogens is 354 g/mol. The molecule has 7 heteroatoms. The topological polar surface area (TPSA) is 73.9 Å². The van der Waals surface area contributed by atoms with Crippen LogP contribution in [-0.2, 0) is 14.3 Å². The molecule has 1 unspecified atom stereocenters. The number of amides is 1. The molecule has 2 rings (SSSR count). The van der Waals surface area contributed by atoms with Crippen molar-refractivity contribution in [1.82, 2.24) is 5.32 Å². The van der Waals surface area contributed by atoms with Gasteiger partial charge in [-0.25, -0.2) is 4.79 Å². The molecule has 1 fully saturated rings. The Bertz CT molecular complexity index is 543. The van der Waals surface area contributed by atoms with Crippen LogP contribution in [0.2, 0.25) is 0 Å². The molecule has 1 N–H and O–H groups in total. The van der Waals surface area contributed by atoms with Crippen LogP contribution in [0.25, 0.3) is 0 Å². The molecule has 0 saturated carbocycles. The van der Waals surface area contributed by atoms with Gasteiger partial charge >= 0.3 is 5.97 Å². The Labute approximate surface area is 137 Å². The third-order valence-electron chi connectivity index (χ3n) is 3.28. The molecule has 120 valence electrons. The van der Waals surface area contributed by atoms with Crippen LogP contribution in [0.1, 0.15) is 23.2 Å². The second kappa shape index (κ2) is 8.14. The molecule has 0 aliphatic carbocycles. The van der Waals surface area contributed by atoms with Crippen LogP contribution >= 0.6 is 15.9 Å². The average molecular weight is 372 g/mol. The van der Waals surface area contributed by atoms with Gasteiger partial charge in [0.2, 0.25) is 0 Å². The number of carbonyl (C=O) groups is 2. The van der Waals surface area contributed by atoms with E-state index in [1.807, 2.05) is 0 Å². The summed E-state index contributed by atoms with van der Waals surface area (Å²) in [6, 6.07) is 4.96. The Balaban J connectivity index is 1.80. The maximum Gasteiger partial charge on any atom is 0.339 e. The quantitative estimate of drug-likeness (QED) is 0.773. The van der Waals surface area contributed by atoms with Gasteiger partial charge in [0.1, 0.15) is 5.75 Å². The lowest BCUT2D eigenvalue weighted by molar-refractivity contribution is -0.124. The van der Waals surface area contributed by atoms with Crippen LogP contribution in [0.3, 0.4) is 0 Å². The molecule has 0 aromatic heterocycles. The first-order valence-corrected chi connectivity index (χ1v) is 7.78. The van der Waals surface area contributed by atoms with Crippen LogP contribution in [-0.4, -0.2) is 44.8 Å². The standard InChI is InChI=1S/C15H18BrNO5/c1-20-10-4-5-13(16)12(7-10)15(19)22-9-14(18)17-8-11-3-2-6-21-11/h4-5,7,11H,2-3,6,8-9H2,1H3,(H,17,18). The number of hydrogen-bond donors (Lipinski definition) is 1. The van der Waals surface area contributed by atoms with Crippen LogP contribution in [0, 0.1) is 0 Å². The number of benzene rings is 1. The summed E-state index contributed by atoms with van der Waals surface area (Å²) >= 11 is 3.27. The van der Waals surface area contributed by atoms with Crippen molar-refractivity contribution >= 4 is 27.8 Å². The van der Waals surface area contributed by atoms with Crippen LogP contribution in [0.5, 0.6) is 5.75 Å². The van der Waals surface area contributed by atoms with Crippen molar-refractivity contribution in [2.45, 2.75) is 18.9 Å². The predicted molar refractivity (Wildman–Crippen MR) is 83.0 cm³/mol. The molecule has 1 amide bonds. The smallest absolute Gasteiger partial charge is 0.339 e. The van der Waals surface area contributed by atoms with Gasteiger partial charge in [-0.15, -0.1) is 0 Å². The monoisotopic (exact) mass is 371 g/mol. The fourth-order valence-electron chi connectivity index (χ4n) is 2.08. The van der Waals surface area contributed by atoms with E-state index in [4.69, 9.17) is 14.2 Å². The Morgan fingerprint density at radius 2 is 2.27 bits per heavy atom. The first-order valence-electron chi connectivity index (χ1n) is 6.99. The van der Waals surface area contributed by atoms with E-state index in [2.05, 4.69) is 21.2 Å². The minimum absolute atomic E-state index is 0.0622. The highest BCUT2D eigenvalue weighted by Crippen LogP contribution is 2.23. The minimum atomic E-state index is -0.585. The van der Waals surface area contributed by atoms with Gasteiger partial charge in [-0.3, -0.25) is 4.79 Å². The van der Waals surface area contributed by atoms with Crippen molar-refractivity contribution in [2.24, 2.45) is 0 Å². The predicted octanol–water partition coefficient (Wildman–Crippen LogP) is 1.91. The summed E-state index contributed by atoms with van der Waals surface area (Å²) in [5.41, 5.74) is 0.311. The van der Waals surface area contributed by atoms with Crippen molar-refractivity contribution in [3.63, 3.8) is 0 Å². The van der Waals surface area contributed by atoms with Crippen molar-refractivity contribution in [3.8, 4) is 5.75 Å². The average Bonchev–Trinajstić information content (AvgIpc) is 3.04. The minimum Gasteiger partial charge on any atom is -0.497 e. The van der Waals surface area contributed by atoms with Gasteiger partial charge in [0.25, 0.3) is 5.91 Å². The summed E-state index contributed by atoms with van der Waals surface area (Å²) in [5, 5.41) is 2.69. The molecule has 22 heavy (non-hydrogen) atoms. The van der Waals surface area contributed by atoms with Crippen LogP contribution in [0.15, 0.2) is 22.7 Å². The highest BCUT2D eigenvalue weighted by Gasteiger charge is 2.18. The second-order valence-electron chi connectivity index (χ2n) is 4.86. The molecule has 0 bridgehead atoms. The molecule has 1 aromatic rings. The fraction of sp³-hybridized carbons (Fsp3) is 0.467. The van der Waals surface area contributed by atoms with Gasteiger partial charge in [0.05, 0.1) is 18.8 Å². The highest BCUT2D eigenvalue weighted by molar-refractivity contribution is 9.10. The van der Waals surface area contributed by atoms with E-state index < -0.39 is 5.97 Å². The summed E-state index contributed by atoms with van der Waals surface area (Å²) < 4.78 is 16.0. The Morgan fingerprint density at radius 1 is 1.45 bits per heavy atom. The van der Waals surface area contributed by atoms with Crippen molar-refractivity contribution < 1.29 is 23.8 Å². The molecule has 1 aromatic carbocycles. The normalized spacial score (nSPS) is 17.1. The number of carbonyl (C=O) groups excluding carboxylic acids is 2. The molecular formula is C15H18BrNO5. The van der Waals surface area contributed by atoms with E-state index in [-0.39, 0.29) is 18.6 Å². The summed E-state index contributed by atoms with van der Waals surface area (Å²) in [6.07, 6.45) is 2.02. The van der Waals surface area contributed by atoms with E-state index in [1.54, 1.807) is 18.2 Å². The maximum absolute atomic E-state index is 12.0. The summed E-state index contributed by atoms with van der Waals surface area (Å²) in [6.45, 7) is 0.855. The lowest BCUT2D eigenvalue weighted by atomic mass is 10.2. The number of hydrogen-bond acceptors (Lipinski definition) is 5. The molecule has 1 heterocycles. The summed E-state index contributed by atoms with van der Waals surface area (Å²) in [7, 11) is 1.51. The molecule has 1 aliphatic heterocycles. The van der Waals surface area contributed by atoms with E-state index >= 15 is 0 Å². The molecule has 1 aliphatic rings. The summed E-state index contributed by atoms with van der Waals surface area (Å²) in [5.74, 6) is -0.390. The lowest BCUT2D eigenvalue weighted by Crippen LogP contribution is -2.34. The largest absolute Gasteiger partial charge is 0.497 e. The molecule has 0 spiro atoms. The first kappa shape index (κ1) is 16.8. The van der Waals surface area contributed by atoms with Gasteiger partial charge in [-0.1, -0.05) is 0 Å². The third-order valence-corrected chi connectivity index (χ3v) is 3.97. The molecule has 0 radical (unpaired) electrons. The summed E-state index contributed by atoms with van der Waals surface area (Å²) in [4.78, 5) is 23.6. The Morgan fingerprint density at radius 3 is 2.95 bits per heavy atom. The Kier molecular flexibility index (Phi) is 6.21. The molecule has 6 nitrogen and oxygen atoms in total.